The Morgan fingerprint density at radius 2 is 1.91 bits per heavy atom. The molecule has 3 aromatic rings. The number of hydrogen-bond donors (Lipinski definition) is 3. The van der Waals surface area contributed by atoms with Gasteiger partial charge in [-0.1, -0.05) is 0 Å². The number of rotatable bonds is 2. The van der Waals surface area contributed by atoms with Crippen LogP contribution in [0.2, 0.25) is 0 Å². The number of benzene rings is 1. The molecule has 1 fully saturated rings. The van der Waals surface area contributed by atoms with E-state index in [9.17, 15) is 4.39 Å². The van der Waals surface area contributed by atoms with Crippen LogP contribution in [-0.2, 0) is 0 Å². The van der Waals surface area contributed by atoms with E-state index >= 15 is 0 Å². The molecule has 118 valence electrons. The van der Waals surface area contributed by atoms with Crippen molar-refractivity contribution in [1.82, 2.24) is 15.3 Å². The molecular weight excluding hydrogens is 291 g/mol. The van der Waals surface area contributed by atoms with E-state index in [1.165, 1.54) is 11.8 Å². The van der Waals surface area contributed by atoms with Crippen molar-refractivity contribution < 1.29 is 4.39 Å². The first kappa shape index (κ1) is 14.2. The molecule has 0 saturated carbocycles. The Morgan fingerprint density at radius 1 is 1.09 bits per heavy atom. The summed E-state index contributed by atoms with van der Waals surface area (Å²) in [5, 5.41) is 4.33. The molecular formula is C18H19FN4. The lowest BCUT2D eigenvalue weighted by atomic mass is 9.94. The highest BCUT2D eigenvalue weighted by Gasteiger charge is 2.19. The summed E-state index contributed by atoms with van der Waals surface area (Å²) >= 11 is 0. The first-order chi connectivity index (χ1) is 11.2. The van der Waals surface area contributed by atoms with Crippen molar-refractivity contribution in [2.24, 2.45) is 0 Å². The molecule has 1 saturated heterocycles. The van der Waals surface area contributed by atoms with Gasteiger partial charge < -0.3 is 16.0 Å². The van der Waals surface area contributed by atoms with Gasteiger partial charge >= 0.3 is 0 Å². The number of pyridine rings is 1. The van der Waals surface area contributed by atoms with Gasteiger partial charge in [0.15, 0.2) is 0 Å². The Bertz CT molecular complexity index is 849. The molecule has 0 spiro atoms. The summed E-state index contributed by atoms with van der Waals surface area (Å²) in [7, 11) is 0. The minimum absolute atomic E-state index is 0.267. The van der Waals surface area contributed by atoms with Crippen molar-refractivity contribution in [2.45, 2.75) is 18.8 Å². The molecule has 2 aromatic heterocycles. The maximum Gasteiger partial charge on any atom is 0.138 e. The number of nitrogens with two attached hydrogens (primary N) is 1. The molecule has 23 heavy (non-hydrogen) atoms. The molecule has 3 heterocycles. The summed E-state index contributed by atoms with van der Waals surface area (Å²) in [6.45, 7) is 2.06. The number of piperidine rings is 1. The monoisotopic (exact) mass is 310 g/mol. The van der Waals surface area contributed by atoms with Crippen LogP contribution >= 0.6 is 0 Å². The maximum atomic E-state index is 14.3. The van der Waals surface area contributed by atoms with Gasteiger partial charge in [-0.15, -0.1) is 0 Å². The number of nitrogens with zero attached hydrogens (tertiary/aromatic N) is 1. The molecule has 1 aliphatic rings. The highest BCUT2D eigenvalue weighted by molar-refractivity contribution is 5.94. The van der Waals surface area contributed by atoms with Crippen molar-refractivity contribution in [2.75, 3.05) is 18.8 Å². The molecule has 0 unspecified atom stereocenters. The third-order valence-corrected chi connectivity index (χ3v) is 4.61. The van der Waals surface area contributed by atoms with Crippen molar-refractivity contribution in [3.8, 4) is 11.1 Å². The van der Waals surface area contributed by atoms with Gasteiger partial charge in [0.2, 0.25) is 0 Å². The van der Waals surface area contributed by atoms with Crippen LogP contribution in [0.5, 0.6) is 0 Å². The van der Waals surface area contributed by atoms with E-state index in [-0.39, 0.29) is 5.82 Å². The average Bonchev–Trinajstić information content (AvgIpc) is 3.02. The fourth-order valence-electron chi connectivity index (χ4n) is 3.38. The van der Waals surface area contributed by atoms with Crippen LogP contribution in [0.15, 0.2) is 36.5 Å². The van der Waals surface area contributed by atoms with Crippen molar-refractivity contribution in [3.05, 3.63) is 48.0 Å². The highest BCUT2D eigenvalue weighted by atomic mass is 19.1. The zero-order chi connectivity index (χ0) is 15.8. The SMILES string of the molecule is Nc1ccc(F)c(-c2ccnc3[nH]c(C4CCNCC4)cc23)c1. The number of anilines is 1. The second-order valence-corrected chi connectivity index (χ2v) is 6.11. The first-order valence-corrected chi connectivity index (χ1v) is 7.96. The number of aromatic nitrogens is 2. The number of aromatic amines is 1. The Kier molecular flexibility index (Phi) is 3.50. The number of H-pyrrole nitrogens is 1. The van der Waals surface area contributed by atoms with E-state index in [1.54, 1.807) is 18.3 Å². The van der Waals surface area contributed by atoms with Crippen molar-refractivity contribution in [1.29, 1.82) is 0 Å². The quantitative estimate of drug-likeness (QED) is 0.635. The summed E-state index contributed by atoms with van der Waals surface area (Å²) in [4.78, 5) is 7.83. The molecule has 4 rings (SSSR count). The Labute approximate surface area is 133 Å². The lowest BCUT2D eigenvalue weighted by molar-refractivity contribution is 0.455. The molecule has 4 nitrogen and oxygen atoms in total. The number of fused-ring (bicyclic) bond motifs is 1. The predicted octanol–water partition coefficient (Wildman–Crippen LogP) is 3.42. The highest BCUT2D eigenvalue weighted by Crippen LogP contribution is 2.34. The van der Waals surface area contributed by atoms with Gasteiger partial charge in [0.05, 0.1) is 0 Å². The normalized spacial score (nSPS) is 16.0. The van der Waals surface area contributed by atoms with E-state index in [2.05, 4.69) is 21.4 Å². The lowest BCUT2D eigenvalue weighted by Crippen LogP contribution is -2.26. The number of nitrogens with one attached hydrogen (secondary N) is 2. The molecule has 0 bridgehead atoms. The average molecular weight is 310 g/mol. The lowest BCUT2D eigenvalue weighted by Gasteiger charge is -2.21. The molecule has 0 amide bonds. The zero-order valence-electron chi connectivity index (χ0n) is 12.8. The standard InChI is InChI=1S/C18H19FN4/c19-16-2-1-12(20)9-14(16)13-5-8-22-18-15(13)10-17(23-18)11-3-6-21-7-4-11/h1-2,5,8-11,21H,3-4,6-7,20H2,(H,22,23). The summed E-state index contributed by atoms with van der Waals surface area (Å²) < 4.78 is 14.3. The van der Waals surface area contributed by atoms with Gasteiger partial charge in [0, 0.05) is 34.4 Å². The molecule has 4 N–H and O–H groups in total. The van der Waals surface area contributed by atoms with Crippen molar-refractivity contribution in [3.63, 3.8) is 0 Å². The number of hydrogen-bond acceptors (Lipinski definition) is 3. The summed E-state index contributed by atoms with van der Waals surface area (Å²) in [6.07, 6.45) is 3.92. The Morgan fingerprint density at radius 3 is 2.74 bits per heavy atom. The molecule has 1 aromatic carbocycles. The third-order valence-electron chi connectivity index (χ3n) is 4.61. The topological polar surface area (TPSA) is 66.7 Å². The van der Waals surface area contributed by atoms with Gasteiger partial charge in [-0.05, 0) is 61.8 Å². The second-order valence-electron chi connectivity index (χ2n) is 6.11. The minimum Gasteiger partial charge on any atom is -0.399 e. The summed E-state index contributed by atoms with van der Waals surface area (Å²) in [5.41, 5.74) is 9.73. The van der Waals surface area contributed by atoms with Crippen LogP contribution in [0.4, 0.5) is 10.1 Å². The van der Waals surface area contributed by atoms with E-state index < -0.39 is 0 Å². The summed E-state index contributed by atoms with van der Waals surface area (Å²) in [5.74, 6) is 0.236. The fraction of sp³-hybridized carbons (Fsp3) is 0.278. The molecule has 1 aliphatic heterocycles. The van der Waals surface area contributed by atoms with Gasteiger partial charge in [0.25, 0.3) is 0 Å². The van der Waals surface area contributed by atoms with Crippen LogP contribution in [0.25, 0.3) is 22.2 Å². The van der Waals surface area contributed by atoms with Crippen LogP contribution in [0, 0.1) is 5.82 Å². The smallest absolute Gasteiger partial charge is 0.138 e. The van der Waals surface area contributed by atoms with Gasteiger partial charge in [-0.25, -0.2) is 9.37 Å². The largest absolute Gasteiger partial charge is 0.399 e. The van der Waals surface area contributed by atoms with Crippen LogP contribution in [-0.4, -0.2) is 23.1 Å². The molecule has 0 radical (unpaired) electrons. The van der Waals surface area contributed by atoms with Crippen LogP contribution < -0.4 is 11.1 Å². The van der Waals surface area contributed by atoms with Gasteiger partial charge in [0.1, 0.15) is 11.5 Å². The van der Waals surface area contributed by atoms with E-state index in [1.807, 2.05) is 6.07 Å². The van der Waals surface area contributed by atoms with Crippen LogP contribution in [0.1, 0.15) is 24.5 Å². The van der Waals surface area contributed by atoms with E-state index in [4.69, 9.17) is 5.73 Å². The minimum atomic E-state index is -0.267. The second kappa shape index (κ2) is 5.66. The van der Waals surface area contributed by atoms with E-state index in [0.717, 1.165) is 42.5 Å². The predicted molar refractivity (Wildman–Crippen MR) is 90.7 cm³/mol. The third kappa shape index (κ3) is 2.57. The first-order valence-electron chi connectivity index (χ1n) is 7.96. The molecule has 0 aliphatic carbocycles. The number of nitrogen functional groups attached to an aromatic ring is 1. The van der Waals surface area contributed by atoms with Crippen LogP contribution in [0.3, 0.4) is 0 Å². The Hall–Kier alpha value is -2.40. The van der Waals surface area contributed by atoms with Gasteiger partial charge in [-0.3, -0.25) is 0 Å². The van der Waals surface area contributed by atoms with E-state index in [0.29, 0.717) is 17.2 Å². The molecule has 5 heteroatoms. The zero-order valence-corrected chi connectivity index (χ0v) is 12.8. The van der Waals surface area contributed by atoms with Gasteiger partial charge in [-0.2, -0.15) is 0 Å². The maximum absolute atomic E-state index is 14.3. The Balaban J connectivity index is 1.84. The van der Waals surface area contributed by atoms with Crippen molar-refractivity contribution >= 4 is 16.7 Å². The fourth-order valence-corrected chi connectivity index (χ4v) is 3.38. The summed E-state index contributed by atoms with van der Waals surface area (Å²) in [6, 6.07) is 8.64. The molecule has 0 atom stereocenters. The number of halogens is 1.